The molecule has 1 unspecified atom stereocenters. The number of rotatable bonds is 1. The fourth-order valence-corrected chi connectivity index (χ4v) is 3.38. The molecule has 1 aromatic rings. The number of benzene rings is 1. The van der Waals surface area contributed by atoms with Gasteiger partial charge in [0.2, 0.25) is 0 Å². The zero-order valence-electron chi connectivity index (χ0n) is 11.2. The summed E-state index contributed by atoms with van der Waals surface area (Å²) in [6.07, 6.45) is 3.53. The summed E-state index contributed by atoms with van der Waals surface area (Å²) in [6.45, 7) is 8.41. The monoisotopic (exact) mass is 232 g/mol. The third kappa shape index (κ3) is 1.92. The van der Waals surface area contributed by atoms with Gasteiger partial charge in [-0.2, -0.15) is 0 Å². The summed E-state index contributed by atoms with van der Waals surface area (Å²) >= 11 is 0. The topological polar surface area (TPSA) is 40.5 Å². The SMILES string of the molecule is Cc1c(C)c2c(c(C)c1B(O)O)CCCC2C. The quantitative estimate of drug-likeness (QED) is 0.724. The van der Waals surface area contributed by atoms with E-state index in [4.69, 9.17) is 0 Å². The Bertz CT molecular complexity index is 452. The first-order chi connectivity index (χ1) is 7.95. The first-order valence-electron chi connectivity index (χ1n) is 6.43. The van der Waals surface area contributed by atoms with Crippen LogP contribution in [0.1, 0.15) is 53.5 Å². The molecule has 1 aliphatic carbocycles. The van der Waals surface area contributed by atoms with Gasteiger partial charge in [-0.1, -0.05) is 6.92 Å². The second-order valence-electron chi connectivity index (χ2n) is 5.35. The van der Waals surface area contributed by atoms with Gasteiger partial charge in [0.05, 0.1) is 0 Å². The van der Waals surface area contributed by atoms with Crippen molar-refractivity contribution in [3.05, 3.63) is 27.8 Å². The molecule has 0 saturated heterocycles. The van der Waals surface area contributed by atoms with E-state index in [2.05, 4.69) is 13.8 Å². The lowest BCUT2D eigenvalue weighted by atomic mass is 9.67. The molecule has 0 spiro atoms. The fourth-order valence-electron chi connectivity index (χ4n) is 3.38. The van der Waals surface area contributed by atoms with Crippen LogP contribution in [0.2, 0.25) is 0 Å². The molecule has 0 fully saturated rings. The molecule has 2 rings (SSSR count). The smallest absolute Gasteiger partial charge is 0.423 e. The van der Waals surface area contributed by atoms with Crippen LogP contribution in [0, 0.1) is 20.8 Å². The third-order valence-corrected chi connectivity index (χ3v) is 4.37. The highest BCUT2D eigenvalue weighted by molar-refractivity contribution is 6.59. The molecular formula is C14H21BO2. The minimum atomic E-state index is -1.35. The first-order valence-corrected chi connectivity index (χ1v) is 6.43. The van der Waals surface area contributed by atoms with E-state index in [1.807, 2.05) is 13.8 Å². The van der Waals surface area contributed by atoms with Gasteiger partial charge < -0.3 is 10.0 Å². The molecule has 92 valence electrons. The van der Waals surface area contributed by atoms with Crippen molar-refractivity contribution in [3.8, 4) is 0 Å². The number of fused-ring (bicyclic) bond motifs is 1. The fraction of sp³-hybridized carbons (Fsp3) is 0.571. The van der Waals surface area contributed by atoms with Gasteiger partial charge in [0.15, 0.2) is 0 Å². The van der Waals surface area contributed by atoms with Crippen LogP contribution >= 0.6 is 0 Å². The van der Waals surface area contributed by atoms with Crippen molar-refractivity contribution < 1.29 is 10.0 Å². The Balaban J connectivity index is 2.74. The minimum absolute atomic E-state index is 0.598. The van der Waals surface area contributed by atoms with E-state index in [0.717, 1.165) is 23.0 Å². The van der Waals surface area contributed by atoms with Crippen molar-refractivity contribution in [2.75, 3.05) is 0 Å². The van der Waals surface area contributed by atoms with Crippen LogP contribution < -0.4 is 5.46 Å². The second-order valence-corrected chi connectivity index (χ2v) is 5.35. The largest absolute Gasteiger partial charge is 0.488 e. The highest BCUT2D eigenvalue weighted by atomic mass is 16.4. The maximum Gasteiger partial charge on any atom is 0.488 e. The molecule has 1 atom stereocenters. The lowest BCUT2D eigenvalue weighted by Crippen LogP contribution is -2.37. The Morgan fingerprint density at radius 1 is 1.06 bits per heavy atom. The van der Waals surface area contributed by atoms with Gasteiger partial charge in [-0.3, -0.25) is 0 Å². The van der Waals surface area contributed by atoms with E-state index in [1.54, 1.807) is 0 Å². The van der Waals surface area contributed by atoms with Gasteiger partial charge >= 0.3 is 7.12 Å². The van der Waals surface area contributed by atoms with E-state index in [-0.39, 0.29) is 0 Å². The van der Waals surface area contributed by atoms with Crippen molar-refractivity contribution in [3.63, 3.8) is 0 Å². The predicted octanol–water partition coefficient (Wildman–Crippen LogP) is 1.73. The molecule has 2 nitrogen and oxygen atoms in total. The van der Waals surface area contributed by atoms with Crippen LogP contribution in [-0.2, 0) is 6.42 Å². The van der Waals surface area contributed by atoms with Crippen molar-refractivity contribution >= 4 is 12.6 Å². The van der Waals surface area contributed by atoms with Crippen molar-refractivity contribution in [2.24, 2.45) is 0 Å². The van der Waals surface area contributed by atoms with E-state index in [9.17, 15) is 10.0 Å². The van der Waals surface area contributed by atoms with Gasteiger partial charge in [-0.15, -0.1) is 0 Å². The molecule has 0 aliphatic heterocycles. The van der Waals surface area contributed by atoms with E-state index < -0.39 is 7.12 Å². The van der Waals surface area contributed by atoms with Crippen LogP contribution in [0.3, 0.4) is 0 Å². The highest BCUT2D eigenvalue weighted by Gasteiger charge is 2.27. The summed E-state index contributed by atoms with van der Waals surface area (Å²) in [6, 6.07) is 0. The van der Waals surface area contributed by atoms with E-state index in [1.165, 1.54) is 29.5 Å². The van der Waals surface area contributed by atoms with Crippen LogP contribution in [0.15, 0.2) is 0 Å². The minimum Gasteiger partial charge on any atom is -0.423 e. The third-order valence-electron chi connectivity index (χ3n) is 4.37. The Labute approximate surface area is 104 Å². The Kier molecular flexibility index (Phi) is 3.33. The summed E-state index contributed by atoms with van der Waals surface area (Å²) in [4.78, 5) is 0. The molecule has 2 N–H and O–H groups in total. The van der Waals surface area contributed by atoms with Gasteiger partial charge in [0, 0.05) is 0 Å². The molecule has 0 heterocycles. The van der Waals surface area contributed by atoms with Crippen LogP contribution in [-0.4, -0.2) is 17.2 Å². The van der Waals surface area contributed by atoms with Gasteiger partial charge in [-0.05, 0) is 79.2 Å². The van der Waals surface area contributed by atoms with Crippen LogP contribution in [0.25, 0.3) is 0 Å². The van der Waals surface area contributed by atoms with Gasteiger partial charge in [0.1, 0.15) is 0 Å². The van der Waals surface area contributed by atoms with Gasteiger partial charge in [0.25, 0.3) is 0 Å². The number of hydrogen-bond acceptors (Lipinski definition) is 2. The summed E-state index contributed by atoms with van der Waals surface area (Å²) < 4.78 is 0. The Morgan fingerprint density at radius 2 is 1.71 bits per heavy atom. The number of hydrogen-bond donors (Lipinski definition) is 2. The second kappa shape index (κ2) is 4.47. The summed E-state index contributed by atoms with van der Waals surface area (Å²) in [5, 5.41) is 19.1. The van der Waals surface area contributed by atoms with Crippen molar-refractivity contribution in [2.45, 2.75) is 52.9 Å². The molecule has 1 aliphatic rings. The normalized spacial score (nSPS) is 19.1. The molecule has 0 saturated carbocycles. The molecular weight excluding hydrogens is 211 g/mol. The molecule has 0 bridgehead atoms. The van der Waals surface area contributed by atoms with E-state index >= 15 is 0 Å². The predicted molar refractivity (Wildman–Crippen MR) is 71.8 cm³/mol. The maximum atomic E-state index is 9.53. The lowest BCUT2D eigenvalue weighted by molar-refractivity contribution is 0.425. The standard InChI is InChI=1S/C14H21BO2/c1-8-6-5-7-12-11(4)14(15(16)17)10(3)9(2)13(8)12/h8,16-17H,5-7H2,1-4H3. The molecule has 0 aromatic heterocycles. The zero-order valence-corrected chi connectivity index (χ0v) is 11.2. The van der Waals surface area contributed by atoms with Crippen molar-refractivity contribution in [1.82, 2.24) is 0 Å². The maximum absolute atomic E-state index is 9.53. The molecule has 0 radical (unpaired) electrons. The van der Waals surface area contributed by atoms with Gasteiger partial charge in [-0.25, -0.2) is 0 Å². The average molecular weight is 232 g/mol. The Hall–Kier alpha value is -0.795. The summed E-state index contributed by atoms with van der Waals surface area (Å²) in [5.41, 5.74) is 6.91. The Morgan fingerprint density at radius 3 is 2.29 bits per heavy atom. The summed E-state index contributed by atoms with van der Waals surface area (Å²) in [5.74, 6) is 0.598. The highest BCUT2D eigenvalue weighted by Crippen LogP contribution is 2.36. The zero-order chi connectivity index (χ0) is 12.7. The summed E-state index contributed by atoms with van der Waals surface area (Å²) in [7, 11) is -1.35. The van der Waals surface area contributed by atoms with Crippen LogP contribution in [0.4, 0.5) is 0 Å². The molecule has 17 heavy (non-hydrogen) atoms. The van der Waals surface area contributed by atoms with E-state index in [0.29, 0.717) is 5.92 Å². The molecule has 3 heteroatoms. The van der Waals surface area contributed by atoms with Crippen molar-refractivity contribution in [1.29, 1.82) is 0 Å². The van der Waals surface area contributed by atoms with Crippen LogP contribution in [0.5, 0.6) is 0 Å². The molecule has 1 aromatic carbocycles. The lowest BCUT2D eigenvalue weighted by Gasteiger charge is -2.29. The first kappa shape index (κ1) is 12.7. The molecule has 0 amide bonds. The average Bonchev–Trinajstić information content (AvgIpc) is 2.25.